The van der Waals surface area contributed by atoms with Crippen LogP contribution in [-0.2, 0) is 4.79 Å². The molecule has 1 amide bonds. The van der Waals surface area contributed by atoms with Crippen LogP contribution < -0.4 is 10.1 Å². The minimum atomic E-state index is -0.0543. The summed E-state index contributed by atoms with van der Waals surface area (Å²) in [5.41, 5.74) is 3.51. The van der Waals surface area contributed by atoms with E-state index in [0.29, 0.717) is 18.1 Å². The zero-order valence-electron chi connectivity index (χ0n) is 12.8. The van der Waals surface area contributed by atoms with Crippen molar-refractivity contribution in [2.45, 2.75) is 13.8 Å². The Morgan fingerprint density at radius 3 is 2.55 bits per heavy atom. The molecule has 0 radical (unpaired) electrons. The van der Waals surface area contributed by atoms with Gasteiger partial charge in [-0.15, -0.1) is 0 Å². The van der Waals surface area contributed by atoms with Crippen molar-refractivity contribution in [3.63, 3.8) is 0 Å². The van der Waals surface area contributed by atoms with Crippen LogP contribution in [-0.4, -0.2) is 12.5 Å². The lowest BCUT2D eigenvalue weighted by atomic mass is 10.0. The number of para-hydroxylation sites is 1. The molecule has 0 unspecified atom stereocenters. The molecule has 0 spiro atoms. The quantitative estimate of drug-likeness (QED) is 0.857. The van der Waals surface area contributed by atoms with Gasteiger partial charge in [0.15, 0.2) is 0 Å². The second kappa shape index (κ2) is 6.06. The summed E-state index contributed by atoms with van der Waals surface area (Å²) < 4.78 is 5.67. The van der Waals surface area contributed by atoms with E-state index < -0.39 is 0 Å². The molecular weight excluding hydrogens is 274 g/mol. The fourth-order valence-corrected chi connectivity index (χ4v) is 2.37. The summed E-state index contributed by atoms with van der Waals surface area (Å²) in [6.45, 7) is 4.94. The normalized spacial score (nSPS) is 15.0. The van der Waals surface area contributed by atoms with E-state index >= 15 is 0 Å². The van der Waals surface area contributed by atoms with Crippen LogP contribution in [0.4, 0.5) is 5.69 Å². The van der Waals surface area contributed by atoms with Gasteiger partial charge in [0.1, 0.15) is 5.75 Å². The number of benzene rings is 2. The first-order valence-corrected chi connectivity index (χ1v) is 7.49. The minimum Gasteiger partial charge on any atom is -0.493 e. The number of hydrogen-bond donors (Lipinski definition) is 1. The zero-order chi connectivity index (χ0) is 15.5. The fourth-order valence-electron chi connectivity index (χ4n) is 2.37. The van der Waals surface area contributed by atoms with Gasteiger partial charge in [0.05, 0.1) is 6.61 Å². The van der Waals surface area contributed by atoms with Crippen molar-refractivity contribution >= 4 is 23.2 Å². The lowest BCUT2D eigenvalue weighted by Gasteiger charge is -2.08. The van der Waals surface area contributed by atoms with Gasteiger partial charge in [0.25, 0.3) is 5.91 Å². The molecule has 2 aromatic carbocycles. The third-order valence-corrected chi connectivity index (χ3v) is 3.48. The lowest BCUT2D eigenvalue weighted by Crippen LogP contribution is -2.04. The van der Waals surface area contributed by atoms with E-state index in [2.05, 4.69) is 19.2 Å². The van der Waals surface area contributed by atoms with Crippen molar-refractivity contribution in [3.8, 4) is 5.75 Å². The van der Waals surface area contributed by atoms with Crippen LogP contribution in [0.1, 0.15) is 25.0 Å². The monoisotopic (exact) mass is 293 g/mol. The highest BCUT2D eigenvalue weighted by atomic mass is 16.5. The number of nitrogens with one attached hydrogen (secondary N) is 1. The van der Waals surface area contributed by atoms with Crippen LogP contribution in [0.2, 0.25) is 0 Å². The smallest absolute Gasteiger partial charge is 0.256 e. The topological polar surface area (TPSA) is 38.3 Å². The van der Waals surface area contributed by atoms with Crippen molar-refractivity contribution in [2.24, 2.45) is 5.92 Å². The Morgan fingerprint density at radius 1 is 1.09 bits per heavy atom. The number of amides is 1. The molecule has 1 aliphatic heterocycles. The Hall–Kier alpha value is -2.55. The van der Waals surface area contributed by atoms with Gasteiger partial charge < -0.3 is 10.1 Å². The van der Waals surface area contributed by atoms with Crippen LogP contribution in [0.3, 0.4) is 0 Å². The molecular formula is C19H19NO2. The van der Waals surface area contributed by atoms with E-state index in [4.69, 9.17) is 4.74 Å². The summed E-state index contributed by atoms with van der Waals surface area (Å²) in [7, 11) is 0. The number of hydrogen-bond acceptors (Lipinski definition) is 2. The van der Waals surface area contributed by atoms with Crippen LogP contribution in [0.25, 0.3) is 11.6 Å². The largest absolute Gasteiger partial charge is 0.493 e. The first kappa shape index (κ1) is 14.4. The summed E-state index contributed by atoms with van der Waals surface area (Å²) in [4.78, 5) is 12.1. The number of ether oxygens (including phenoxy) is 1. The van der Waals surface area contributed by atoms with E-state index in [1.165, 1.54) is 0 Å². The Morgan fingerprint density at radius 2 is 1.82 bits per heavy atom. The number of fused-ring (bicyclic) bond motifs is 1. The van der Waals surface area contributed by atoms with E-state index in [1.54, 1.807) is 0 Å². The average Bonchev–Trinajstić information content (AvgIpc) is 2.83. The third-order valence-electron chi connectivity index (χ3n) is 3.48. The Bertz CT molecular complexity index is 714. The highest BCUT2D eigenvalue weighted by molar-refractivity contribution is 6.34. The molecule has 3 nitrogen and oxygen atoms in total. The zero-order valence-corrected chi connectivity index (χ0v) is 12.8. The molecule has 1 heterocycles. The lowest BCUT2D eigenvalue weighted by molar-refractivity contribution is -0.110. The molecule has 22 heavy (non-hydrogen) atoms. The molecule has 1 aliphatic rings. The molecule has 3 heteroatoms. The van der Waals surface area contributed by atoms with E-state index in [1.807, 2.05) is 54.6 Å². The Labute approximate surface area is 130 Å². The fraction of sp³-hybridized carbons (Fsp3) is 0.211. The Kier molecular flexibility index (Phi) is 3.96. The maximum Gasteiger partial charge on any atom is 0.256 e. The maximum atomic E-state index is 12.1. The van der Waals surface area contributed by atoms with Gasteiger partial charge in [-0.2, -0.15) is 0 Å². The minimum absolute atomic E-state index is 0.0543. The van der Waals surface area contributed by atoms with Gasteiger partial charge in [0.2, 0.25) is 0 Å². The predicted molar refractivity (Wildman–Crippen MR) is 89.7 cm³/mol. The molecule has 1 N–H and O–H groups in total. The van der Waals surface area contributed by atoms with Crippen LogP contribution in [0.15, 0.2) is 48.5 Å². The second-order valence-corrected chi connectivity index (χ2v) is 5.83. The second-order valence-electron chi connectivity index (χ2n) is 5.83. The van der Waals surface area contributed by atoms with Crippen molar-refractivity contribution in [1.29, 1.82) is 0 Å². The number of carbonyl (C=O) groups excluding carboxylic acids is 1. The van der Waals surface area contributed by atoms with Gasteiger partial charge >= 0.3 is 0 Å². The molecule has 112 valence electrons. The van der Waals surface area contributed by atoms with Gasteiger partial charge in [-0.1, -0.05) is 44.2 Å². The highest BCUT2D eigenvalue weighted by Gasteiger charge is 2.23. The third kappa shape index (κ3) is 3.03. The molecule has 2 aromatic rings. The van der Waals surface area contributed by atoms with Gasteiger partial charge in [-0.3, -0.25) is 4.79 Å². The van der Waals surface area contributed by atoms with Crippen molar-refractivity contribution in [2.75, 3.05) is 11.9 Å². The molecule has 0 fully saturated rings. The van der Waals surface area contributed by atoms with Gasteiger partial charge in [0, 0.05) is 16.8 Å². The molecule has 0 atom stereocenters. The number of anilines is 1. The molecule has 0 bridgehead atoms. The number of carbonyl (C=O) groups is 1. The summed E-state index contributed by atoms with van der Waals surface area (Å²) in [5, 5.41) is 2.88. The maximum absolute atomic E-state index is 12.1. The molecule has 3 rings (SSSR count). The van der Waals surface area contributed by atoms with Crippen LogP contribution >= 0.6 is 0 Å². The summed E-state index contributed by atoms with van der Waals surface area (Å²) in [5.74, 6) is 1.30. The molecule has 0 aliphatic carbocycles. The first-order chi connectivity index (χ1) is 10.6. The molecule has 0 saturated carbocycles. The average molecular weight is 293 g/mol. The van der Waals surface area contributed by atoms with Crippen molar-refractivity contribution < 1.29 is 9.53 Å². The summed E-state index contributed by atoms with van der Waals surface area (Å²) in [6, 6.07) is 15.5. The molecule has 0 saturated heterocycles. The Balaban J connectivity index is 1.82. The summed E-state index contributed by atoms with van der Waals surface area (Å²) in [6.07, 6.45) is 1.91. The van der Waals surface area contributed by atoms with E-state index in [-0.39, 0.29) is 5.91 Å². The number of rotatable bonds is 4. The van der Waals surface area contributed by atoms with Crippen LogP contribution in [0, 0.1) is 5.92 Å². The van der Waals surface area contributed by atoms with E-state index in [0.717, 1.165) is 22.6 Å². The van der Waals surface area contributed by atoms with Gasteiger partial charge in [-0.05, 0) is 35.8 Å². The highest BCUT2D eigenvalue weighted by Crippen LogP contribution is 2.32. The van der Waals surface area contributed by atoms with Crippen molar-refractivity contribution in [3.05, 3.63) is 59.7 Å². The predicted octanol–water partition coefficient (Wildman–Crippen LogP) is 4.21. The van der Waals surface area contributed by atoms with Gasteiger partial charge in [-0.25, -0.2) is 0 Å². The van der Waals surface area contributed by atoms with E-state index in [9.17, 15) is 4.79 Å². The van der Waals surface area contributed by atoms with Crippen molar-refractivity contribution in [1.82, 2.24) is 0 Å². The summed E-state index contributed by atoms with van der Waals surface area (Å²) >= 11 is 0. The molecule has 0 aromatic heterocycles. The SMILES string of the molecule is CC(C)COc1ccc(/C=C2/C(=O)Nc3ccccc32)cc1. The van der Waals surface area contributed by atoms with Crippen LogP contribution in [0.5, 0.6) is 5.75 Å². The first-order valence-electron chi connectivity index (χ1n) is 7.49. The standard InChI is InChI=1S/C19H19NO2/c1-13(2)12-22-15-9-7-14(8-10-15)11-17-16-5-3-4-6-18(16)20-19(17)21/h3-11,13H,12H2,1-2H3,(H,20,21)/b17-11+.